The van der Waals surface area contributed by atoms with Crippen LogP contribution in [0.3, 0.4) is 0 Å². The summed E-state index contributed by atoms with van der Waals surface area (Å²) in [6.45, 7) is 3.37. The Bertz CT molecular complexity index is 354. The summed E-state index contributed by atoms with van der Waals surface area (Å²) in [5.74, 6) is 0.807. The van der Waals surface area contributed by atoms with Gasteiger partial charge in [0.25, 0.3) is 0 Å². The molecule has 1 aromatic carbocycles. The van der Waals surface area contributed by atoms with E-state index in [-0.39, 0.29) is 5.91 Å². The van der Waals surface area contributed by atoms with Crippen molar-refractivity contribution in [2.24, 2.45) is 5.73 Å². The van der Waals surface area contributed by atoms with Crippen LogP contribution in [0.5, 0.6) is 0 Å². The van der Waals surface area contributed by atoms with Gasteiger partial charge < -0.3 is 11.1 Å². The minimum Gasteiger partial charge on any atom is -0.325 e. The second-order valence-electron chi connectivity index (χ2n) is 4.31. The minimum absolute atomic E-state index is 0.176. The lowest BCUT2D eigenvalue weighted by Crippen LogP contribution is -2.45. The van der Waals surface area contributed by atoms with Gasteiger partial charge in [0.05, 0.1) is 5.54 Å². The molecule has 1 rings (SSSR count). The predicted molar refractivity (Wildman–Crippen MR) is 70.6 cm³/mol. The number of amides is 1. The fourth-order valence-corrected chi connectivity index (χ4v) is 1.67. The number of anilines is 1. The maximum absolute atomic E-state index is 11.6. The molecule has 0 heterocycles. The topological polar surface area (TPSA) is 55.1 Å². The highest BCUT2D eigenvalue weighted by atomic mass is 32.2. The van der Waals surface area contributed by atoms with Crippen molar-refractivity contribution < 1.29 is 4.79 Å². The second-order valence-corrected chi connectivity index (χ2v) is 5.17. The quantitative estimate of drug-likeness (QED) is 0.845. The largest absolute Gasteiger partial charge is 0.325 e. The molecule has 0 aromatic heterocycles. The zero-order valence-corrected chi connectivity index (χ0v) is 10.7. The Labute approximate surface area is 101 Å². The van der Waals surface area contributed by atoms with Crippen molar-refractivity contribution >= 4 is 23.4 Å². The first-order valence-electron chi connectivity index (χ1n) is 5.11. The Morgan fingerprint density at radius 1 is 1.38 bits per heavy atom. The monoisotopic (exact) mass is 238 g/mol. The van der Waals surface area contributed by atoms with Gasteiger partial charge in [-0.3, -0.25) is 4.79 Å². The molecule has 3 nitrogen and oxygen atoms in total. The second kappa shape index (κ2) is 5.37. The lowest BCUT2D eigenvalue weighted by atomic mass is 10.1. The molecule has 0 saturated heterocycles. The summed E-state index contributed by atoms with van der Waals surface area (Å²) in [5.41, 5.74) is 6.87. The number of hydrogen-bond donors (Lipinski definition) is 2. The van der Waals surface area contributed by atoms with Gasteiger partial charge in [0.1, 0.15) is 0 Å². The molecular formula is C12H18N2OS. The minimum atomic E-state index is -0.849. The maximum atomic E-state index is 11.6. The molecule has 1 aromatic rings. The van der Waals surface area contributed by atoms with Crippen molar-refractivity contribution in [2.45, 2.75) is 25.1 Å². The molecule has 0 saturated carbocycles. The van der Waals surface area contributed by atoms with Crippen LogP contribution in [0.4, 0.5) is 5.69 Å². The van der Waals surface area contributed by atoms with Gasteiger partial charge in [-0.1, -0.05) is 12.1 Å². The highest BCUT2D eigenvalue weighted by Crippen LogP contribution is 2.14. The van der Waals surface area contributed by atoms with Gasteiger partial charge >= 0.3 is 0 Å². The van der Waals surface area contributed by atoms with E-state index in [1.54, 1.807) is 25.6 Å². The summed E-state index contributed by atoms with van der Waals surface area (Å²) in [6, 6.07) is 7.82. The number of hydrogen-bond acceptors (Lipinski definition) is 3. The summed E-state index contributed by atoms with van der Waals surface area (Å²) < 4.78 is 0. The number of carbonyl (C=O) groups excluding carboxylic acids is 1. The third-order valence-electron chi connectivity index (χ3n) is 2.11. The zero-order valence-electron chi connectivity index (χ0n) is 9.91. The highest BCUT2D eigenvalue weighted by Gasteiger charge is 2.21. The van der Waals surface area contributed by atoms with Crippen LogP contribution >= 0.6 is 11.8 Å². The number of thioether (sulfide) groups is 1. The van der Waals surface area contributed by atoms with E-state index in [0.717, 1.165) is 11.4 Å². The van der Waals surface area contributed by atoms with Gasteiger partial charge in [0.2, 0.25) is 5.91 Å². The molecule has 0 aliphatic carbocycles. The van der Waals surface area contributed by atoms with E-state index in [1.807, 2.05) is 24.3 Å². The zero-order chi connectivity index (χ0) is 12.2. The van der Waals surface area contributed by atoms with E-state index < -0.39 is 5.54 Å². The van der Waals surface area contributed by atoms with Gasteiger partial charge in [-0.25, -0.2) is 0 Å². The standard InChI is InChI=1S/C12H18N2OS/c1-12(2,13)11(15)14-10-6-4-9(5-7-10)8-16-3/h4-7H,8,13H2,1-3H3,(H,14,15). The summed E-state index contributed by atoms with van der Waals surface area (Å²) >= 11 is 1.77. The first kappa shape index (κ1) is 13.1. The fraction of sp³-hybridized carbons (Fsp3) is 0.417. The SMILES string of the molecule is CSCc1ccc(NC(=O)C(C)(C)N)cc1. The molecule has 0 bridgehead atoms. The number of carbonyl (C=O) groups is 1. The van der Waals surface area contributed by atoms with E-state index in [4.69, 9.17) is 5.73 Å². The van der Waals surface area contributed by atoms with Crippen molar-refractivity contribution in [1.82, 2.24) is 0 Å². The van der Waals surface area contributed by atoms with Gasteiger partial charge in [-0.05, 0) is 37.8 Å². The molecule has 0 aliphatic rings. The Morgan fingerprint density at radius 3 is 2.38 bits per heavy atom. The summed E-state index contributed by atoms with van der Waals surface area (Å²) in [5, 5.41) is 2.78. The van der Waals surface area contributed by atoms with Crippen LogP contribution in [0.15, 0.2) is 24.3 Å². The molecule has 16 heavy (non-hydrogen) atoms. The number of rotatable bonds is 4. The van der Waals surface area contributed by atoms with Crippen LogP contribution in [0.25, 0.3) is 0 Å². The van der Waals surface area contributed by atoms with Gasteiger partial charge in [-0.2, -0.15) is 11.8 Å². The van der Waals surface area contributed by atoms with Crippen molar-refractivity contribution in [2.75, 3.05) is 11.6 Å². The molecule has 88 valence electrons. The predicted octanol–water partition coefficient (Wildman–Crippen LogP) is 2.23. The number of nitrogens with two attached hydrogens (primary N) is 1. The van der Waals surface area contributed by atoms with Crippen molar-refractivity contribution in [3.63, 3.8) is 0 Å². The molecule has 0 fully saturated rings. The first-order valence-corrected chi connectivity index (χ1v) is 6.51. The van der Waals surface area contributed by atoms with Crippen molar-refractivity contribution in [1.29, 1.82) is 0 Å². The molecule has 3 N–H and O–H groups in total. The van der Waals surface area contributed by atoms with Gasteiger partial charge in [-0.15, -0.1) is 0 Å². The molecule has 1 amide bonds. The maximum Gasteiger partial charge on any atom is 0.243 e. The van der Waals surface area contributed by atoms with E-state index >= 15 is 0 Å². The average Bonchev–Trinajstić information content (AvgIpc) is 2.20. The Kier molecular flexibility index (Phi) is 4.38. The first-order chi connectivity index (χ1) is 7.43. The van der Waals surface area contributed by atoms with Crippen LogP contribution in [0, 0.1) is 0 Å². The van der Waals surface area contributed by atoms with Crippen LogP contribution in [-0.2, 0) is 10.5 Å². The Morgan fingerprint density at radius 2 is 1.94 bits per heavy atom. The van der Waals surface area contributed by atoms with Gasteiger partial charge in [0.15, 0.2) is 0 Å². The summed E-state index contributed by atoms with van der Waals surface area (Å²) in [4.78, 5) is 11.6. The third-order valence-corrected chi connectivity index (χ3v) is 2.73. The summed E-state index contributed by atoms with van der Waals surface area (Å²) in [6.07, 6.45) is 2.06. The van der Waals surface area contributed by atoms with E-state index in [9.17, 15) is 4.79 Å². The van der Waals surface area contributed by atoms with Crippen molar-refractivity contribution in [3.8, 4) is 0 Å². The lowest BCUT2D eigenvalue weighted by Gasteiger charge is -2.17. The molecule has 0 unspecified atom stereocenters. The Hall–Kier alpha value is -1.00. The molecule has 0 radical (unpaired) electrons. The normalized spacial score (nSPS) is 11.2. The molecular weight excluding hydrogens is 220 g/mol. The van der Waals surface area contributed by atoms with Crippen LogP contribution in [-0.4, -0.2) is 17.7 Å². The van der Waals surface area contributed by atoms with Crippen LogP contribution in [0.1, 0.15) is 19.4 Å². The highest BCUT2D eigenvalue weighted by molar-refractivity contribution is 7.97. The molecule has 0 atom stereocenters. The van der Waals surface area contributed by atoms with Crippen LogP contribution < -0.4 is 11.1 Å². The third kappa shape index (κ3) is 3.87. The van der Waals surface area contributed by atoms with Crippen LogP contribution in [0.2, 0.25) is 0 Å². The average molecular weight is 238 g/mol. The summed E-state index contributed by atoms with van der Waals surface area (Å²) in [7, 11) is 0. The molecule has 0 aliphatic heterocycles. The Balaban J connectivity index is 2.65. The van der Waals surface area contributed by atoms with E-state index in [1.165, 1.54) is 5.56 Å². The lowest BCUT2D eigenvalue weighted by molar-refractivity contribution is -0.120. The van der Waals surface area contributed by atoms with E-state index in [0.29, 0.717) is 0 Å². The van der Waals surface area contributed by atoms with Gasteiger partial charge in [0, 0.05) is 11.4 Å². The van der Waals surface area contributed by atoms with E-state index in [2.05, 4.69) is 11.6 Å². The fourth-order valence-electron chi connectivity index (χ4n) is 1.14. The number of nitrogens with one attached hydrogen (secondary N) is 1. The van der Waals surface area contributed by atoms with Crippen molar-refractivity contribution in [3.05, 3.63) is 29.8 Å². The number of benzene rings is 1. The smallest absolute Gasteiger partial charge is 0.243 e. The molecule has 0 spiro atoms. The molecule has 4 heteroatoms.